The molecule has 1 heterocycles. The molecule has 104 valence electrons. The highest BCUT2D eigenvalue weighted by atomic mass is 16.7. The lowest BCUT2D eigenvalue weighted by molar-refractivity contribution is -0.485. The lowest BCUT2D eigenvalue weighted by Gasteiger charge is -2.37. The van der Waals surface area contributed by atoms with Gasteiger partial charge in [0.25, 0.3) is 0 Å². The molecule has 0 unspecified atom stereocenters. The minimum atomic E-state index is -0.831. The van der Waals surface area contributed by atoms with Gasteiger partial charge in [-0.2, -0.15) is 0 Å². The summed E-state index contributed by atoms with van der Waals surface area (Å²) in [4.78, 5) is 10.5. The quantitative estimate of drug-likeness (QED) is 0.617. The fourth-order valence-corrected chi connectivity index (χ4v) is 2.37. The van der Waals surface area contributed by atoms with Gasteiger partial charge in [0.2, 0.25) is 12.3 Å². The monoisotopic (exact) mass is 267 g/mol. The maximum Gasteiger partial charge on any atom is 0.211 e. The van der Waals surface area contributed by atoms with E-state index in [4.69, 9.17) is 14.2 Å². The van der Waals surface area contributed by atoms with Crippen LogP contribution in [0.2, 0.25) is 0 Å². The topological polar surface area (TPSA) is 70.8 Å². The number of hydrogen-bond donors (Lipinski definition) is 0. The summed E-state index contributed by atoms with van der Waals surface area (Å²) in [6.07, 6.45) is 0.435. The zero-order valence-electron chi connectivity index (χ0n) is 11.2. The second-order valence-electron chi connectivity index (χ2n) is 4.76. The Balaban J connectivity index is 2.40. The van der Waals surface area contributed by atoms with Crippen molar-refractivity contribution in [2.24, 2.45) is 0 Å². The van der Waals surface area contributed by atoms with Gasteiger partial charge in [-0.05, 0) is 18.2 Å². The summed E-state index contributed by atoms with van der Waals surface area (Å²) in [5.41, 5.74) is 0.797. The van der Waals surface area contributed by atoms with Gasteiger partial charge in [0.15, 0.2) is 0 Å². The Hall–Kier alpha value is -1.82. The Morgan fingerprint density at radius 2 is 2.26 bits per heavy atom. The standard InChI is InChI=1S/C13H17NO5/c1-13(18-3)7-9(8-14(15)16)11-6-10(17-2)4-5-12(11)19-13/h4-6,9H,7-8H2,1-3H3/t9-,13+/m1/s1. The average molecular weight is 267 g/mol. The number of nitro groups is 1. The minimum absolute atomic E-state index is 0.150. The molecule has 0 saturated carbocycles. The summed E-state index contributed by atoms with van der Waals surface area (Å²) >= 11 is 0. The van der Waals surface area contributed by atoms with Gasteiger partial charge >= 0.3 is 0 Å². The van der Waals surface area contributed by atoms with Crippen LogP contribution in [0.5, 0.6) is 11.5 Å². The van der Waals surface area contributed by atoms with Crippen molar-refractivity contribution in [2.75, 3.05) is 20.8 Å². The summed E-state index contributed by atoms with van der Waals surface area (Å²) in [6, 6.07) is 5.32. The smallest absolute Gasteiger partial charge is 0.211 e. The first kappa shape index (κ1) is 13.6. The van der Waals surface area contributed by atoms with Crippen LogP contribution < -0.4 is 9.47 Å². The maximum atomic E-state index is 10.8. The zero-order valence-corrected chi connectivity index (χ0v) is 11.2. The van der Waals surface area contributed by atoms with E-state index in [2.05, 4.69) is 0 Å². The number of rotatable bonds is 4. The van der Waals surface area contributed by atoms with Crippen LogP contribution in [0, 0.1) is 10.1 Å². The van der Waals surface area contributed by atoms with Gasteiger partial charge in [-0.3, -0.25) is 10.1 Å². The Labute approximate surface area is 111 Å². The van der Waals surface area contributed by atoms with Gasteiger partial charge in [0.05, 0.1) is 13.0 Å². The molecule has 1 aliphatic rings. The second-order valence-corrected chi connectivity index (χ2v) is 4.76. The molecule has 0 aliphatic carbocycles. The normalized spacial score (nSPS) is 25.3. The van der Waals surface area contributed by atoms with E-state index < -0.39 is 5.79 Å². The summed E-state index contributed by atoms with van der Waals surface area (Å²) in [5.74, 6) is 0.196. The van der Waals surface area contributed by atoms with Gasteiger partial charge in [0, 0.05) is 30.9 Å². The molecule has 0 bridgehead atoms. The van der Waals surface area contributed by atoms with Crippen LogP contribution in [-0.4, -0.2) is 31.5 Å². The molecule has 0 spiro atoms. The SMILES string of the molecule is COc1ccc2c(c1)[C@@H](C[N+](=O)[O-])C[C@@](C)(OC)O2. The predicted molar refractivity (Wildman–Crippen MR) is 68.3 cm³/mol. The Kier molecular flexibility index (Phi) is 3.61. The van der Waals surface area contributed by atoms with E-state index in [1.165, 1.54) is 7.11 Å². The van der Waals surface area contributed by atoms with Crippen molar-refractivity contribution in [1.29, 1.82) is 0 Å². The Bertz CT molecular complexity index is 490. The third kappa shape index (κ3) is 2.78. The second kappa shape index (κ2) is 5.05. The molecule has 19 heavy (non-hydrogen) atoms. The van der Waals surface area contributed by atoms with Crippen molar-refractivity contribution in [1.82, 2.24) is 0 Å². The third-order valence-corrected chi connectivity index (χ3v) is 3.40. The van der Waals surface area contributed by atoms with Crippen LogP contribution in [0.3, 0.4) is 0 Å². The molecule has 0 N–H and O–H groups in total. The van der Waals surface area contributed by atoms with Gasteiger partial charge in [-0.1, -0.05) is 0 Å². The molecule has 2 rings (SSSR count). The van der Waals surface area contributed by atoms with Crippen LogP contribution in [0.25, 0.3) is 0 Å². The molecule has 0 fully saturated rings. The van der Waals surface area contributed by atoms with Gasteiger partial charge < -0.3 is 14.2 Å². The van der Waals surface area contributed by atoms with Gasteiger partial charge in [-0.15, -0.1) is 0 Å². The van der Waals surface area contributed by atoms with Crippen LogP contribution in [0.15, 0.2) is 18.2 Å². The molecule has 6 heteroatoms. The van der Waals surface area contributed by atoms with Crippen molar-refractivity contribution in [3.05, 3.63) is 33.9 Å². The summed E-state index contributed by atoms with van der Waals surface area (Å²) in [5, 5.41) is 10.8. The molecular weight excluding hydrogens is 250 g/mol. The average Bonchev–Trinajstić information content (AvgIpc) is 2.37. The number of benzene rings is 1. The molecule has 1 aromatic carbocycles. The number of ether oxygens (including phenoxy) is 3. The van der Waals surface area contributed by atoms with E-state index in [1.807, 2.05) is 0 Å². The van der Waals surface area contributed by atoms with E-state index in [1.54, 1.807) is 32.2 Å². The fraction of sp³-hybridized carbons (Fsp3) is 0.538. The number of nitrogens with zero attached hydrogens (tertiary/aromatic N) is 1. The lowest BCUT2D eigenvalue weighted by atomic mass is 9.88. The van der Waals surface area contributed by atoms with Crippen molar-refractivity contribution in [3.63, 3.8) is 0 Å². The lowest BCUT2D eigenvalue weighted by Crippen LogP contribution is -2.41. The molecule has 0 saturated heterocycles. The first-order valence-corrected chi connectivity index (χ1v) is 6.01. The molecule has 1 aromatic rings. The van der Waals surface area contributed by atoms with Crippen LogP contribution in [0.4, 0.5) is 0 Å². The van der Waals surface area contributed by atoms with E-state index >= 15 is 0 Å². The summed E-state index contributed by atoms with van der Waals surface area (Å²) in [6.45, 7) is 1.63. The highest BCUT2D eigenvalue weighted by Gasteiger charge is 2.39. The predicted octanol–water partition coefficient (Wildman–Crippen LogP) is 2.20. The van der Waals surface area contributed by atoms with Gasteiger partial charge in [-0.25, -0.2) is 0 Å². The molecule has 0 aromatic heterocycles. The van der Waals surface area contributed by atoms with E-state index in [9.17, 15) is 10.1 Å². The summed E-state index contributed by atoms with van der Waals surface area (Å²) in [7, 11) is 3.10. The molecule has 6 nitrogen and oxygen atoms in total. The zero-order chi connectivity index (χ0) is 14.0. The minimum Gasteiger partial charge on any atom is -0.497 e. The maximum absolute atomic E-state index is 10.8. The van der Waals surface area contributed by atoms with E-state index in [-0.39, 0.29) is 17.4 Å². The number of fused-ring (bicyclic) bond motifs is 1. The van der Waals surface area contributed by atoms with Crippen molar-refractivity contribution in [2.45, 2.75) is 25.0 Å². The van der Waals surface area contributed by atoms with Crippen molar-refractivity contribution < 1.29 is 19.1 Å². The highest BCUT2D eigenvalue weighted by molar-refractivity contribution is 5.44. The molecule has 0 amide bonds. The third-order valence-electron chi connectivity index (χ3n) is 3.40. The van der Waals surface area contributed by atoms with Gasteiger partial charge in [0.1, 0.15) is 11.5 Å². The molecular formula is C13H17NO5. The Morgan fingerprint density at radius 1 is 1.53 bits per heavy atom. The van der Waals surface area contributed by atoms with Crippen LogP contribution in [0.1, 0.15) is 24.8 Å². The summed E-state index contributed by atoms with van der Waals surface area (Å²) < 4.78 is 16.3. The largest absolute Gasteiger partial charge is 0.497 e. The Morgan fingerprint density at radius 3 is 2.84 bits per heavy atom. The fourth-order valence-electron chi connectivity index (χ4n) is 2.37. The van der Waals surface area contributed by atoms with Crippen LogP contribution in [-0.2, 0) is 4.74 Å². The number of methoxy groups -OCH3 is 2. The van der Waals surface area contributed by atoms with E-state index in [0.717, 1.165) is 5.56 Å². The molecule has 1 aliphatic heterocycles. The number of hydrogen-bond acceptors (Lipinski definition) is 5. The molecule has 2 atom stereocenters. The van der Waals surface area contributed by atoms with Crippen molar-refractivity contribution >= 4 is 0 Å². The first-order chi connectivity index (χ1) is 8.97. The van der Waals surface area contributed by atoms with Crippen molar-refractivity contribution in [3.8, 4) is 11.5 Å². The highest BCUT2D eigenvalue weighted by Crippen LogP contribution is 2.42. The first-order valence-electron chi connectivity index (χ1n) is 6.01. The molecule has 0 radical (unpaired) electrons. The van der Waals surface area contributed by atoms with E-state index in [0.29, 0.717) is 17.9 Å². The van der Waals surface area contributed by atoms with Crippen LogP contribution >= 0.6 is 0 Å².